The number of aromatic nitrogens is 4. The Kier molecular flexibility index (Phi) is 5.02. The van der Waals surface area contributed by atoms with Crippen molar-refractivity contribution < 1.29 is 9.32 Å². The number of carbonyl (C=O) groups is 1. The Morgan fingerprint density at radius 3 is 2.74 bits per heavy atom. The molecule has 31 heavy (non-hydrogen) atoms. The summed E-state index contributed by atoms with van der Waals surface area (Å²) in [7, 11) is 0. The van der Waals surface area contributed by atoms with Crippen molar-refractivity contribution in [2.75, 3.05) is 6.54 Å². The summed E-state index contributed by atoms with van der Waals surface area (Å²) in [6, 6.07) is 13.7. The fourth-order valence-corrected chi connectivity index (χ4v) is 4.27. The SMILES string of the molecule is CCn1ccc(-c2cc(C(=O)N3CCCC[C@@H]3C)c3c(-c4ccccc4)noc3n2)n1. The normalized spacial score (nSPS) is 16.7. The van der Waals surface area contributed by atoms with Crippen LogP contribution in [0.15, 0.2) is 53.2 Å². The van der Waals surface area contributed by atoms with E-state index in [1.807, 2.05) is 65.2 Å². The molecule has 1 fully saturated rings. The molecule has 7 heteroatoms. The zero-order valence-electron chi connectivity index (χ0n) is 17.8. The van der Waals surface area contributed by atoms with E-state index in [0.29, 0.717) is 33.7 Å². The van der Waals surface area contributed by atoms with Gasteiger partial charge in [-0.05, 0) is 45.2 Å². The van der Waals surface area contributed by atoms with E-state index < -0.39 is 0 Å². The lowest BCUT2D eigenvalue weighted by atomic mass is 9.99. The maximum absolute atomic E-state index is 13.8. The average Bonchev–Trinajstić information content (AvgIpc) is 3.46. The summed E-state index contributed by atoms with van der Waals surface area (Å²) >= 11 is 0. The molecule has 0 spiro atoms. The highest BCUT2D eigenvalue weighted by Crippen LogP contribution is 2.34. The smallest absolute Gasteiger partial charge is 0.259 e. The molecule has 1 amide bonds. The Morgan fingerprint density at radius 2 is 2.00 bits per heavy atom. The highest BCUT2D eigenvalue weighted by Gasteiger charge is 2.29. The number of nitrogens with zero attached hydrogens (tertiary/aromatic N) is 5. The molecule has 5 rings (SSSR count). The molecule has 4 heterocycles. The van der Waals surface area contributed by atoms with Crippen molar-refractivity contribution in [2.24, 2.45) is 0 Å². The average molecular weight is 415 g/mol. The molecule has 1 atom stereocenters. The number of amides is 1. The standard InChI is InChI=1S/C24H25N5O2/c1-3-28-14-12-19(26-28)20-15-18(24(30)29-13-8-7-9-16(29)2)21-22(27-31-23(21)25-20)17-10-5-4-6-11-17/h4-6,10-12,14-16H,3,7-9,13H2,1-2H3/t16-/m0/s1. The maximum atomic E-state index is 13.8. The van der Waals surface area contributed by atoms with E-state index in [0.717, 1.165) is 37.9 Å². The van der Waals surface area contributed by atoms with Crippen LogP contribution in [0.25, 0.3) is 33.7 Å². The van der Waals surface area contributed by atoms with E-state index in [1.165, 1.54) is 0 Å². The minimum atomic E-state index is -0.00356. The van der Waals surface area contributed by atoms with Crippen LogP contribution >= 0.6 is 0 Å². The Morgan fingerprint density at radius 1 is 1.16 bits per heavy atom. The van der Waals surface area contributed by atoms with Crippen LogP contribution in [0, 0.1) is 0 Å². The van der Waals surface area contributed by atoms with Gasteiger partial charge in [0.25, 0.3) is 11.6 Å². The maximum Gasteiger partial charge on any atom is 0.259 e. The predicted octanol–water partition coefficient (Wildman–Crippen LogP) is 4.79. The molecular weight excluding hydrogens is 390 g/mol. The monoisotopic (exact) mass is 415 g/mol. The number of pyridine rings is 1. The number of rotatable bonds is 4. The Bertz CT molecular complexity index is 1230. The van der Waals surface area contributed by atoms with Gasteiger partial charge in [-0.25, -0.2) is 4.98 Å². The van der Waals surface area contributed by atoms with Gasteiger partial charge < -0.3 is 9.42 Å². The summed E-state index contributed by atoms with van der Waals surface area (Å²) in [4.78, 5) is 20.4. The van der Waals surface area contributed by atoms with Gasteiger partial charge >= 0.3 is 0 Å². The number of hydrogen-bond donors (Lipinski definition) is 0. The van der Waals surface area contributed by atoms with Gasteiger partial charge in [0.15, 0.2) is 0 Å². The second-order valence-corrected chi connectivity index (χ2v) is 8.03. The van der Waals surface area contributed by atoms with Crippen LogP contribution in [-0.2, 0) is 6.54 Å². The number of fused-ring (bicyclic) bond motifs is 1. The van der Waals surface area contributed by atoms with Gasteiger partial charge in [-0.15, -0.1) is 0 Å². The molecule has 1 aliphatic rings. The van der Waals surface area contributed by atoms with Crippen LogP contribution in [0.5, 0.6) is 0 Å². The molecule has 1 aromatic carbocycles. The van der Waals surface area contributed by atoms with E-state index >= 15 is 0 Å². The summed E-state index contributed by atoms with van der Waals surface area (Å²) in [5, 5.41) is 9.52. The van der Waals surface area contributed by atoms with Crippen LogP contribution in [0.3, 0.4) is 0 Å². The fourth-order valence-electron chi connectivity index (χ4n) is 4.27. The molecule has 4 aromatic rings. The molecule has 0 saturated carbocycles. The third kappa shape index (κ3) is 3.50. The lowest BCUT2D eigenvalue weighted by Gasteiger charge is -2.33. The van der Waals surface area contributed by atoms with Gasteiger partial charge in [-0.2, -0.15) is 5.10 Å². The first-order chi connectivity index (χ1) is 15.2. The first-order valence-corrected chi connectivity index (χ1v) is 10.9. The number of hydrogen-bond acceptors (Lipinski definition) is 5. The number of carbonyl (C=O) groups excluding carboxylic acids is 1. The largest absolute Gasteiger partial charge is 0.336 e. The molecule has 7 nitrogen and oxygen atoms in total. The van der Waals surface area contributed by atoms with Crippen LogP contribution in [0.1, 0.15) is 43.5 Å². The highest BCUT2D eigenvalue weighted by molar-refractivity contribution is 6.10. The highest BCUT2D eigenvalue weighted by atomic mass is 16.5. The molecule has 3 aromatic heterocycles. The molecule has 0 unspecified atom stereocenters. The van der Waals surface area contributed by atoms with Gasteiger partial charge in [0.05, 0.1) is 16.6 Å². The molecule has 158 valence electrons. The molecule has 1 aliphatic heterocycles. The van der Waals surface area contributed by atoms with Crippen molar-refractivity contribution in [2.45, 2.75) is 45.7 Å². The number of benzene rings is 1. The summed E-state index contributed by atoms with van der Waals surface area (Å²) in [6.45, 7) is 5.67. The Labute approximate surface area is 180 Å². The van der Waals surface area contributed by atoms with Gasteiger partial charge in [0.1, 0.15) is 11.4 Å². The van der Waals surface area contributed by atoms with Gasteiger partial charge in [0.2, 0.25) is 0 Å². The third-order valence-electron chi connectivity index (χ3n) is 6.02. The molecule has 0 N–H and O–H groups in total. The van der Waals surface area contributed by atoms with Crippen molar-refractivity contribution in [3.63, 3.8) is 0 Å². The lowest BCUT2D eigenvalue weighted by molar-refractivity contribution is 0.0637. The molecule has 1 saturated heterocycles. The summed E-state index contributed by atoms with van der Waals surface area (Å²) in [6.07, 6.45) is 5.10. The third-order valence-corrected chi connectivity index (χ3v) is 6.02. The second kappa shape index (κ2) is 7.98. The van der Waals surface area contributed by atoms with Crippen molar-refractivity contribution >= 4 is 17.0 Å². The molecule has 0 bridgehead atoms. The van der Waals surface area contributed by atoms with E-state index in [1.54, 1.807) is 0 Å². The Balaban J connectivity index is 1.70. The first kappa shape index (κ1) is 19.5. The zero-order chi connectivity index (χ0) is 21.4. The van der Waals surface area contributed by atoms with Crippen LogP contribution in [0.4, 0.5) is 0 Å². The number of piperidine rings is 1. The van der Waals surface area contributed by atoms with Crippen LogP contribution in [0.2, 0.25) is 0 Å². The number of likely N-dealkylation sites (tertiary alicyclic amines) is 1. The second-order valence-electron chi connectivity index (χ2n) is 8.03. The summed E-state index contributed by atoms with van der Waals surface area (Å²) in [5.74, 6) is -0.00356. The van der Waals surface area contributed by atoms with E-state index in [4.69, 9.17) is 4.52 Å². The van der Waals surface area contributed by atoms with E-state index in [2.05, 4.69) is 22.2 Å². The summed E-state index contributed by atoms with van der Waals surface area (Å²) in [5.41, 5.74) is 3.79. The minimum absolute atomic E-state index is 0.00356. The predicted molar refractivity (Wildman–Crippen MR) is 118 cm³/mol. The fraction of sp³-hybridized carbons (Fsp3) is 0.333. The van der Waals surface area contributed by atoms with Crippen molar-refractivity contribution in [1.82, 2.24) is 24.8 Å². The minimum Gasteiger partial charge on any atom is -0.336 e. The molecular formula is C24H25N5O2. The van der Waals surface area contributed by atoms with Crippen molar-refractivity contribution in [1.29, 1.82) is 0 Å². The quantitative estimate of drug-likeness (QED) is 0.479. The number of aryl methyl sites for hydroxylation is 1. The lowest BCUT2D eigenvalue weighted by Crippen LogP contribution is -2.42. The Hall–Kier alpha value is -3.48. The zero-order valence-corrected chi connectivity index (χ0v) is 17.8. The van der Waals surface area contributed by atoms with Crippen LogP contribution in [-0.4, -0.2) is 43.3 Å². The van der Waals surface area contributed by atoms with Gasteiger partial charge in [0, 0.05) is 30.9 Å². The summed E-state index contributed by atoms with van der Waals surface area (Å²) < 4.78 is 7.48. The molecule has 0 aliphatic carbocycles. The topological polar surface area (TPSA) is 77.0 Å². The van der Waals surface area contributed by atoms with Crippen molar-refractivity contribution in [3.05, 3.63) is 54.2 Å². The van der Waals surface area contributed by atoms with Gasteiger partial charge in [-0.1, -0.05) is 35.5 Å². The molecule has 0 radical (unpaired) electrons. The first-order valence-electron chi connectivity index (χ1n) is 10.9. The van der Waals surface area contributed by atoms with Crippen LogP contribution < -0.4 is 0 Å². The van der Waals surface area contributed by atoms with Gasteiger partial charge in [-0.3, -0.25) is 9.48 Å². The van der Waals surface area contributed by atoms with E-state index in [9.17, 15) is 4.79 Å². The van der Waals surface area contributed by atoms with Crippen molar-refractivity contribution in [3.8, 4) is 22.6 Å². The van der Waals surface area contributed by atoms with E-state index in [-0.39, 0.29) is 11.9 Å².